The van der Waals surface area contributed by atoms with Crippen LogP contribution in [0.2, 0.25) is 5.02 Å². The standard InChI is InChI=1S/C28H24ClNO3/c1-32-26-18-23(14-17-25(26)33-19-20-12-15-24(29)16-13-20)28(31)30-27(21-8-4-2-5-9-21)22-10-6-3-7-11-22/h2-18,27H,19H2,1H3,(H,30,31). The Balaban J connectivity index is 1.52. The molecule has 4 nitrogen and oxygen atoms in total. The van der Waals surface area contributed by atoms with Crippen LogP contribution >= 0.6 is 11.6 Å². The summed E-state index contributed by atoms with van der Waals surface area (Å²) in [6, 6.07) is 32.2. The van der Waals surface area contributed by atoms with E-state index in [0.717, 1.165) is 16.7 Å². The molecule has 0 heterocycles. The molecule has 0 unspecified atom stereocenters. The highest BCUT2D eigenvalue weighted by molar-refractivity contribution is 6.30. The molecule has 5 heteroatoms. The molecule has 1 N–H and O–H groups in total. The maximum Gasteiger partial charge on any atom is 0.252 e. The highest BCUT2D eigenvalue weighted by Gasteiger charge is 2.19. The minimum absolute atomic E-state index is 0.199. The Bertz CT molecular complexity index is 1160. The van der Waals surface area contributed by atoms with Gasteiger partial charge in [0.15, 0.2) is 11.5 Å². The molecule has 0 radical (unpaired) electrons. The number of benzene rings is 4. The van der Waals surface area contributed by atoms with Gasteiger partial charge in [-0.1, -0.05) is 84.4 Å². The number of carbonyl (C=O) groups excluding carboxylic acids is 1. The van der Waals surface area contributed by atoms with E-state index >= 15 is 0 Å². The number of carbonyl (C=O) groups is 1. The summed E-state index contributed by atoms with van der Waals surface area (Å²) in [7, 11) is 1.56. The Labute approximate surface area is 198 Å². The van der Waals surface area contributed by atoms with Crippen LogP contribution < -0.4 is 14.8 Å². The third-order valence-electron chi connectivity index (χ3n) is 5.27. The van der Waals surface area contributed by atoms with E-state index in [1.54, 1.807) is 25.3 Å². The Hall–Kier alpha value is -3.76. The van der Waals surface area contributed by atoms with Crippen LogP contribution in [0.4, 0.5) is 0 Å². The van der Waals surface area contributed by atoms with Gasteiger partial charge in [0.05, 0.1) is 13.2 Å². The third kappa shape index (κ3) is 5.73. The minimum Gasteiger partial charge on any atom is -0.493 e. The number of nitrogens with one attached hydrogen (secondary N) is 1. The van der Waals surface area contributed by atoms with Crippen LogP contribution in [0.1, 0.15) is 33.1 Å². The number of amides is 1. The van der Waals surface area contributed by atoms with Crippen molar-refractivity contribution in [1.82, 2.24) is 5.32 Å². The molecule has 4 aromatic carbocycles. The maximum atomic E-state index is 13.2. The van der Waals surface area contributed by atoms with Gasteiger partial charge in [-0.15, -0.1) is 0 Å². The first-order valence-electron chi connectivity index (χ1n) is 10.6. The van der Waals surface area contributed by atoms with Gasteiger partial charge >= 0.3 is 0 Å². The monoisotopic (exact) mass is 457 g/mol. The Morgan fingerprint density at radius 2 is 1.42 bits per heavy atom. The highest BCUT2D eigenvalue weighted by Crippen LogP contribution is 2.30. The zero-order chi connectivity index (χ0) is 23.0. The van der Waals surface area contributed by atoms with Crippen LogP contribution in [0.3, 0.4) is 0 Å². The van der Waals surface area contributed by atoms with Crippen molar-refractivity contribution in [3.63, 3.8) is 0 Å². The number of halogens is 1. The van der Waals surface area contributed by atoms with Gasteiger partial charge in [0.25, 0.3) is 5.91 Å². The van der Waals surface area contributed by atoms with Crippen molar-refractivity contribution in [3.8, 4) is 11.5 Å². The molecular weight excluding hydrogens is 434 g/mol. The van der Waals surface area contributed by atoms with Crippen molar-refractivity contribution in [1.29, 1.82) is 0 Å². The van der Waals surface area contributed by atoms with Crippen LogP contribution in [-0.2, 0) is 6.61 Å². The largest absolute Gasteiger partial charge is 0.493 e. The zero-order valence-corrected chi connectivity index (χ0v) is 19.0. The van der Waals surface area contributed by atoms with E-state index in [4.69, 9.17) is 21.1 Å². The Morgan fingerprint density at radius 1 is 0.818 bits per heavy atom. The first kappa shape index (κ1) is 22.4. The van der Waals surface area contributed by atoms with Crippen molar-refractivity contribution >= 4 is 17.5 Å². The molecule has 0 aliphatic heterocycles. The molecule has 0 atom stereocenters. The van der Waals surface area contributed by atoms with Gasteiger partial charge in [-0.05, 0) is 47.0 Å². The summed E-state index contributed by atoms with van der Waals surface area (Å²) in [6.07, 6.45) is 0. The average Bonchev–Trinajstić information content (AvgIpc) is 2.87. The molecule has 166 valence electrons. The Morgan fingerprint density at radius 3 is 2.00 bits per heavy atom. The second-order valence-corrected chi connectivity index (χ2v) is 7.95. The normalized spacial score (nSPS) is 10.6. The number of rotatable bonds is 8. The first-order chi connectivity index (χ1) is 16.1. The lowest BCUT2D eigenvalue weighted by molar-refractivity contribution is 0.0942. The fraction of sp³-hybridized carbons (Fsp3) is 0.107. The smallest absolute Gasteiger partial charge is 0.252 e. The lowest BCUT2D eigenvalue weighted by Crippen LogP contribution is -2.29. The average molecular weight is 458 g/mol. The summed E-state index contributed by atoms with van der Waals surface area (Å²) < 4.78 is 11.4. The van der Waals surface area contributed by atoms with E-state index in [0.29, 0.717) is 28.7 Å². The molecule has 4 rings (SSSR count). The van der Waals surface area contributed by atoms with E-state index in [1.807, 2.05) is 84.9 Å². The van der Waals surface area contributed by atoms with E-state index in [9.17, 15) is 4.79 Å². The van der Waals surface area contributed by atoms with Crippen molar-refractivity contribution in [2.75, 3.05) is 7.11 Å². The fourth-order valence-electron chi connectivity index (χ4n) is 3.53. The quantitative estimate of drug-likeness (QED) is 0.331. The molecule has 0 saturated heterocycles. The number of hydrogen-bond donors (Lipinski definition) is 1. The molecular formula is C28H24ClNO3. The van der Waals surface area contributed by atoms with Crippen molar-refractivity contribution in [3.05, 3.63) is 130 Å². The van der Waals surface area contributed by atoms with Gasteiger partial charge in [0.1, 0.15) is 6.61 Å². The van der Waals surface area contributed by atoms with Gasteiger partial charge in [-0.2, -0.15) is 0 Å². The van der Waals surface area contributed by atoms with Gasteiger partial charge < -0.3 is 14.8 Å². The molecule has 0 spiro atoms. The molecule has 33 heavy (non-hydrogen) atoms. The predicted molar refractivity (Wildman–Crippen MR) is 131 cm³/mol. The molecule has 0 aromatic heterocycles. The lowest BCUT2D eigenvalue weighted by Gasteiger charge is -2.20. The van der Waals surface area contributed by atoms with Gasteiger partial charge in [-0.25, -0.2) is 0 Å². The molecule has 0 aliphatic rings. The highest BCUT2D eigenvalue weighted by atomic mass is 35.5. The topological polar surface area (TPSA) is 47.6 Å². The first-order valence-corrected chi connectivity index (χ1v) is 11.0. The van der Waals surface area contributed by atoms with E-state index in [2.05, 4.69) is 5.32 Å². The van der Waals surface area contributed by atoms with E-state index in [1.165, 1.54) is 0 Å². The summed E-state index contributed by atoms with van der Waals surface area (Å²) in [5.41, 5.74) is 3.48. The molecule has 0 saturated carbocycles. The van der Waals surface area contributed by atoms with Crippen LogP contribution in [0, 0.1) is 0 Å². The van der Waals surface area contributed by atoms with E-state index in [-0.39, 0.29) is 11.9 Å². The number of ether oxygens (including phenoxy) is 2. The minimum atomic E-state index is -0.272. The van der Waals surface area contributed by atoms with Crippen LogP contribution in [0.15, 0.2) is 103 Å². The number of methoxy groups -OCH3 is 1. The number of hydrogen-bond acceptors (Lipinski definition) is 3. The maximum absolute atomic E-state index is 13.2. The van der Waals surface area contributed by atoms with Crippen LogP contribution in [0.5, 0.6) is 11.5 Å². The summed E-state index contributed by atoms with van der Waals surface area (Å²) in [6.45, 7) is 0.364. The molecule has 0 aliphatic carbocycles. The van der Waals surface area contributed by atoms with E-state index < -0.39 is 0 Å². The predicted octanol–water partition coefficient (Wildman–Crippen LogP) is 6.45. The summed E-state index contributed by atoms with van der Waals surface area (Å²) in [5, 5.41) is 3.83. The van der Waals surface area contributed by atoms with Crippen molar-refractivity contribution in [2.24, 2.45) is 0 Å². The Kier molecular flexibility index (Phi) is 7.28. The zero-order valence-electron chi connectivity index (χ0n) is 18.2. The molecule has 1 amide bonds. The molecule has 0 bridgehead atoms. The fourth-order valence-corrected chi connectivity index (χ4v) is 3.66. The molecule has 4 aromatic rings. The van der Waals surface area contributed by atoms with Gasteiger partial charge in [0, 0.05) is 10.6 Å². The summed E-state index contributed by atoms with van der Waals surface area (Å²) >= 11 is 5.94. The van der Waals surface area contributed by atoms with Crippen LogP contribution in [-0.4, -0.2) is 13.0 Å². The van der Waals surface area contributed by atoms with Crippen LogP contribution in [0.25, 0.3) is 0 Å². The summed E-state index contributed by atoms with van der Waals surface area (Å²) in [5.74, 6) is 0.856. The second-order valence-electron chi connectivity index (χ2n) is 7.51. The SMILES string of the molecule is COc1cc(C(=O)NC(c2ccccc2)c2ccccc2)ccc1OCc1ccc(Cl)cc1. The summed E-state index contributed by atoms with van der Waals surface area (Å²) in [4.78, 5) is 13.2. The third-order valence-corrected chi connectivity index (χ3v) is 5.53. The second kappa shape index (κ2) is 10.7. The lowest BCUT2D eigenvalue weighted by atomic mass is 9.98. The van der Waals surface area contributed by atoms with Crippen molar-refractivity contribution in [2.45, 2.75) is 12.6 Å². The van der Waals surface area contributed by atoms with Gasteiger partial charge in [0.2, 0.25) is 0 Å². The van der Waals surface area contributed by atoms with Gasteiger partial charge in [-0.3, -0.25) is 4.79 Å². The van der Waals surface area contributed by atoms with Crippen molar-refractivity contribution < 1.29 is 14.3 Å². The molecule has 0 fully saturated rings.